The second kappa shape index (κ2) is 8.61. The molecule has 0 aliphatic carbocycles. The first-order valence-electron chi connectivity index (χ1n) is 9.60. The van der Waals surface area contributed by atoms with Crippen LogP contribution in [0.15, 0.2) is 42.5 Å². The van der Waals surface area contributed by atoms with Crippen LogP contribution in [0.2, 0.25) is 0 Å². The third-order valence-corrected chi connectivity index (χ3v) is 5.25. The summed E-state index contributed by atoms with van der Waals surface area (Å²) in [6.07, 6.45) is 0. The number of anilines is 1. The molecule has 0 spiro atoms. The minimum absolute atomic E-state index is 0.0251. The molecule has 2 N–H and O–H groups in total. The third-order valence-electron chi connectivity index (χ3n) is 5.25. The van der Waals surface area contributed by atoms with Crippen molar-refractivity contribution in [1.29, 1.82) is 0 Å². The van der Waals surface area contributed by atoms with E-state index in [-0.39, 0.29) is 30.4 Å². The molecule has 1 aliphatic rings. The molecule has 2 aromatic carbocycles. The number of nitrogens with two attached hydrogens (primary N) is 1. The van der Waals surface area contributed by atoms with E-state index in [1.165, 1.54) is 12.1 Å². The molecular formula is C22H28FN3O2. The number of hydrogen-bond acceptors (Lipinski definition) is 4. The first-order valence-corrected chi connectivity index (χ1v) is 9.60. The zero-order valence-electron chi connectivity index (χ0n) is 16.7. The second-order valence-electron chi connectivity index (χ2n) is 7.63. The topological polar surface area (TPSA) is 58.8 Å². The van der Waals surface area contributed by atoms with Gasteiger partial charge in [0.15, 0.2) is 6.61 Å². The molecular weight excluding hydrogens is 357 g/mol. The largest absolute Gasteiger partial charge is 0.482 e. The molecule has 2 atom stereocenters. The number of halogens is 1. The molecule has 1 fully saturated rings. The average molecular weight is 385 g/mol. The van der Waals surface area contributed by atoms with Gasteiger partial charge in [-0.1, -0.05) is 18.2 Å². The number of aryl methyl sites for hydroxylation is 1. The lowest BCUT2D eigenvalue weighted by atomic mass is 10.1. The highest BCUT2D eigenvalue weighted by Gasteiger charge is 2.32. The van der Waals surface area contributed by atoms with Crippen molar-refractivity contribution in [2.24, 2.45) is 0 Å². The average Bonchev–Trinajstić information content (AvgIpc) is 2.66. The third kappa shape index (κ3) is 4.81. The maximum absolute atomic E-state index is 13.1. The van der Waals surface area contributed by atoms with E-state index in [1.54, 1.807) is 6.07 Å². The summed E-state index contributed by atoms with van der Waals surface area (Å²) in [5.74, 6) is 0.278. The molecule has 1 amide bonds. The molecule has 0 aromatic heterocycles. The van der Waals surface area contributed by atoms with Crippen LogP contribution in [0.4, 0.5) is 10.1 Å². The highest BCUT2D eigenvalue weighted by molar-refractivity contribution is 5.78. The molecule has 3 rings (SSSR count). The van der Waals surface area contributed by atoms with Gasteiger partial charge in [-0.05, 0) is 56.2 Å². The number of piperazine rings is 1. The fourth-order valence-corrected chi connectivity index (χ4v) is 3.58. The summed E-state index contributed by atoms with van der Waals surface area (Å²) in [7, 11) is 0. The van der Waals surface area contributed by atoms with Crippen LogP contribution in [0.5, 0.6) is 5.75 Å². The number of hydrogen-bond donors (Lipinski definition) is 1. The van der Waals surface area contributed by atoms with Crippen molar-refractivity contribution in [3.63, 3.8) is 0 Å². The van der Waals surface area contributed by atoms with Crippen LogP contribution in [0, 0.1) is 12.7 Å². The fraction of sp³-hybridized carbons (Fsp3) is 0.409. The van der Waals surface area contributed by atoms with E-state index in [1.807, 2.05) is 43.0 Å². The number of carbonyl (C=O) groups is 1. The molecule has 28 heavy (non-hydrogen) atoms. The maximum Gasteiger partial charge on any atom is 0.260 e. The van der Waals surface area contributed by atoms with Crippen molar-refractivity contribution in [2.45, 2.75) is 39.4 Å². The highest BCUT2D eigenvalue weighted by Crippen LogP contribution is 2.23. The summed E-state index contributed by atoms with van der Waals surface area (Å²) < 4.78 is 18.8. The lowest BCUT2D eigenvalue weighted by Gasteiger charge is -2.44. The van der Waals surface area contributed by atoms with Crippen LogP contribution in [0.25, 0.3) is 0 Å². The van der Waals surface area contributed by atoms with E-state index >= 15 is 0 Å². The van der Waals surface area contributed by atoms with Crippen LogP contribution >= 0.6 is 0 Å². The molecule has 2 aromatic rings. The second-order valence-corrected chi connectivity index (χ2v) is 7.63. The zero-order chi connectivity index (χ0) is 20.3. The number of carbonyl (C=O) groups excluding carboxylic acids is 1. The van der Waals surface area contributed by atoms with Crippen LogP contribution in [0.3, 0.4) is 0 Å². The van der Waals surface area contributed by atoms with Gasteiger partial charge in [-0.15, -0.1) is 0 Å². The number of ether oxygens (including phenoxy) is 1. The Balaban J connectivity index is 1.57. The minimum Gasteiger partial charge on any atom is -0.482 e. The van der Waals surface area contributed by atoms with E-state index in [0.717, 1.165) is 24.2 Å². The van der Waals surface area contributed by atoms with Crippen LogP contribution in [0.1, 0.15) is 25.0 Å². The quantitative estimate of drug-likeness (QED) is 0.803. The lowest BCUT2D eigenvalue weighted by molar-refractivity contribution is -0.139. The van der Waals surface area contributed by atoms with Gasteiger partial charge in [-0.2, -0.15) is 0 Å². The first-order chi connectivity index (χ1) is 13.3. The molecule has 150 valence electrons. The van der Waals surface area contributed by atoms with Crippen molar-refractivity contribution in [1.82, 2.24) is 9.80 Å². The lowest BCUT2D eigenvalue weighted by Crippen LogP contribution is -2.58. The molecule has 1 heterocycles. The predicted octanol–water partition coefficient (Wildman–Crippen LogP) is 3.22. The predicted molar refractivity (Wildman–Crippen MR) is 109 cm³/mol. The Hall–Kier alpha value is -2.60. The Morgan fingerprint density at radius 1 is 1.14 bits per heavy atom. The first kappa shape index (κ1) is 20.1. The number of benzene rings is 2. The Morgan fingerprint density at radius 3 is 2.57 bits per heavy atom. The SMILES string of the molecule is Cc1ccc(N)c(OCC(=O)N2CC(C)N(Cc3ccc(F)cc3)CC2C)c1. The minimum atomic E-state index is -0.227. The maximum atomic E-state index is 13.1. The summed E-state index contributed by atoms with van der Waals surface area (Å²) >= 11 is 0. The molecule has 1 saturated heterocycles. The zero-order valence-corrected chi connectivity index (χ0v) is 16.7. The van der Waals surface area contributed by atoms with Gasteiger partial charge in [0.2, 0.25) is 0 Å². The number of nitrogens with zero attached hydrogens (tertiary/aromatic N) is 2. The van der Waals surface area contributed by atoms with Gasteiger partial charge >= 0.3 is 0 Å². The molecule has 0 saturated carbocycles. The van der Waals surface area contributed by atoms with E-state index in [0.29, 0.717) is 18.0 Å². The number of amides is 1. The molecule has 0 radical (unpaired) electrons. The Morgan fingerprint density at radius 2 is 1.86 bits per heavy atom. The smallest absolute Gasteiger partial charge is 0.260 e. The Bertz CT molecular complexity index is 825. The van der Waals surface area contributed by atoms with Gasteiger partial charge in [0.1, 0.15) is 11.6 Å². The van der Waals surface area contributed by atoms with E-state index in [4.69, 9.17) is 10.5 Å². The standard InChI is InChI=1S/C22H28FN3O2/c1-15-4-9-20(24)21(10-15)28-14-22(27)26-12-16(2)25(11-17(26)3)13-18-5-7-19(23)8-6-18/h4-10,16-17H,11-14,24H2,1-3H3. The highest BCUT2D eigenvalue weighted by atomic mass is 19.1. The molecule has 6 heteroatoms. The van der Waals surface area contributed by atoms with Gasteiger partial charge in [0.05, 0.1) is 5.69 Å². The van der Waals surface area contributed by atoms with Crippen LogP contribution in [-0.2, 0) is 11.3 Å². The summed E-state index contributed by atoms with van der Waals surface area (Å²) in [4.78, 5) is 16.9. The summed E-state index contributed by atoms with van der Waals surface area (Å²) in [6.45, 7) is 8.22. The van der Waals surface area contributed by atoms with Crippen molar-refractivity contribution in [3.05, 3.63) is 59.4 Å². The van der Waals surface area contributed by atoms with Gasteiger partial charge in [-0.3, -0.25) is 9.69 Å². The van der Waals surface area contributed by atoms with E-state index in [2.05, 4.69) is 11.8 Å². The normalized spacial score (nSPS) is 20.2. The monoisotopic (exact) mass is 385 g/mol. The fourth-order valence-electron chi connectivity index (χ4n) is 3.58. The van der Waals surface area contributed by atoms with Crippen molar-refractivity contribution >= 4 is 11.6 Å². The summed E-state index contributed by atoms with van der Waals surface area (Å²) in [6, 6.07) is 12.4. The summed E-state index contributed by atoms with van der Waals surface area (Å²) in [5.41, 5.74) is 8.56. The van der Waals surface area contributed by atoms with Gasteiger partial charge in [0, 0.05) is 31.7 Å². The van der Waals surface area contributed by atoms with Crippen LogP contribution < -0.4 is 10.5 Å². The van der Waals surface area contributed by atoms with Gasteiger partial charge < -0.3 is 15.4 Å². The molecule has 5 nitrogen and oxygen atoms in total. The van der Waals surface area contributed by atoms with Crippen molar-refractivity contribution in [2.75, 3.05) is 25.4 Å². The molecule has 0 bridgehead atoms. The van der Waals surface area contributed by atoms with E-state index in [9.17, 15) is 9.18 Å². The molecule has 1 aliphatic heterocycles. The van der Waals surface area contributed by atoms with Crippen molar-refractivity contribution < 1.29 is 13.9 Å². The summed E-state index contributed by atoms with van der Waals surface area (Å²) in [5, 5.41) is 0. The van der Waals surface area contributed by atoms with E-state index < -0.39 is 0 Å². The Kier molecular flexibility index (Phi) is 6.19. The van der Waals surface area contributed by atoms with Gasteiger partial charge in [-0.25, -0.2) is 4.39 Å². The number of rotatable bonds is 5. The van der Waals surface area contributed by atoms with Gasteiger partial charge in [0.25, 0.3) is 5.91 Å². The van der Waals surface area contributed by atoms with Crippen molar-refractivity contribution in [3.8, 4) is 5.75 Å². The molecule has 2 unspecified atom stereocenters. The van der Waals surface area contributed by atoms with Crippen LogP contribution in [-0.4, -0.2) is 47.5 Å². The number of nitrogen functional groups attached to an aromatic ring is 1. The Labute approximate surface area is 165 Å².